The Morgan fingerprint density at radius 3 is 2.32 bits per heavy atom. The maximum absolute atomic E-state index is 12.8. The molecule has 0 atom stereocenters. The number of piperidine rings is 1. The first-order valence-corrected chi connectivity index (χ1v) is 9.13. The van der Waals surface area contributed by atoms with Crippen molar-refractivity contribution in [1.82, 2.24) is 10.2 Å². The normalized spacial score (nSPS) is 15.3. The van der Waals surface area contributed by atoms with Gasteiger partial charge in [-0.2, -0.15) is 13.2 Å². The molecule has 4 nitrogen and oxygen atoms in total. The number of amides is 2. The largest absolute Gasteiger partial charge is 0.416 e. The lowest BCUT2D eigenvalue weighted by Crippen LogP contribution is -2.45. The number of alkyl halides is 3. The molecular formula is C21H21F3N2O2. The molecule has 0 radical (unpaired) electrons. The van der Waals surface area contributed by atoms with E-state index in [1.807, 2.05) is 18.2 Å². The molecule has 1 aliphatic heterocycles. The Hall–Kier alpha value is -2.83. The van der Waals surface area contributed by atoms with E-state index in [1.54, 1.807) is 23.1 Å². The number of benzene rings is 2. The van der Waals surface area contributed by atoms with Crippen molar-refractivity contribution in [2.24, 2.45) is 5.92 Å². The fourth-order valence-electron chi connectivity index (χ4n) is 3.33. The van der Waals surface area contributed by atoms with Crippen LogP contribution in [0.25, 0.3) is 0 Å². The lowest BCUT2D eigenvalue weighted by molar-refractivity contribution is -0.137. The zero-order valence-electron chi connectivity index (χ0n) is 15.2. The predicted octanol–water partition coefficient (Wildman–Crippen LogP) is 4.51. The Bertz CT molecular complexity index is 829. The fraction of sp³-hybridized carbons (Fsp3) is 0.333. The number of halogens is 3. The van der Waals surface area contributed by atoms with Crippen LogP contribution >= 0.6 is 0 Å². The van der Waals surface area contributed by atoms with E-state index < -0.39 is 11.7 Å². The Kier molecular flexibility index (Phi) is 6.02. The summed E-state index contributed by atoms with van der Waals surface area (Å²) < 4.78 is 38.3. The lowest BCUT2D eigenvalue weighted by Gasteiger charge is -2.31. The molecule has 2 aromatic rings. The summed E-state index contributed by atoms with van der Waals surface area (Å²) in [6.07, 6.45) is -3.26. The van der Waals surface area contributed by atoms with E-state index in [-0.39, 0.29) is 24.3 Å². The standard InChI is InChI=1S/C21H21F3N2O2/c22-21(23,24)18-8-4-5-15(13-18)14-25-20(28)26-11-9-17(10-12-26)19(27)16-6-2-1-3-7-16/h1-8,13,17H,9-12,14H2,(H,25,28). The van der Waals surface area contributed by atoms with Crippen molar-refractivity contribution < 1.29 is 22.8 Å². The van der Waals surface area contributed by atoms with E-state index in [4.69, 9.17) is 0 Å². The van der Waals surface area contributed by atoms with Crippen molar-refractivity contribution in [2.75, 3.05) is 13.1 Å². The molecule has 1 saturated heterocycles. The third-order valence-electron chi connectivity index (χ3n) is 4.91. The molecule has 1 heterocycles. The molecule has 0 bridgehead atoms. The first kappa shape index (κ1) is 19.9. The molecule has 3 rings (SSSR count). The minimum Gasteiger partial charge on any atom is -0.334 e. The van der Waals surface area contributed by atoms with Crippen molar-refractivity contribution in [1.29, 1.82) is 0 Å². The highest BCUT2D eigenvalue weighted by molar-refractivity contribution is 5.97. The fourth-order valence-corrected chi connectivity index (χ4v) is 3.33. The molecular weight excluding hydrogens is 369 g/mol. The van der Waals surface area contributed by atoms with E-state index >= 15 is 0 Å². The molecule has 0 aliphatic carbocycles. The number of carbonyl (C=O) groups excluding carboxylic acids is 2. The highest BCUT2D eigenvalue weighted by Crippen LogP contribution is 2.29. The zero-order chi connectivity index (χ0) is 20.1. The van der Waals surface area contributed by atoms with Gasteiger partial charge in [0, 0.05) is 31.1 Å². The van der Waals surface area contributed by atoms with Crippen LogP contribution < -0.4 is 5.32 Å². The predicted molar refractivity (Wildman–Crippen MR) is 98.7 cm³/mol. The van der Waals surface area contributed by atoms with Crippen molar-refractivity contribution in [2.45, 2.75) is 25.6 Å². The summed E-state index contributed by atoms with van der Waals surface area (Å²) in [5, 5.41) is 2.66. The number of nitrogens with one attached hydrogen (secondary N) is 1. The van der Waals surface area contributed by atoms with Crippen LogP contribution in [0.1, 0.15) is 34.3 Å². The lowest BCUT2D eigenvalue weighted by atomic mass is 9.89. The zero-order valence-corrected chi connectivity index (χ0v) is 15.2. The Morgan fingerprint density at radius 1 is 1.00 bits per heavy atom. The van der Waals surface area contributed by atoms with Gasteiger partial charge in [-0.05, 0) is 30.5 Å². The number of rotatable bonds is 4. The van der Waals surface area contributed by atoms with Crippen molar-refractivity contribution in [3.05, 3.63) is 71.3 Å². The maximum Gasteiger partial charge on any atom is 0.416 e. The average Bonchev–Trinajstić information content (AvgIpc) is 2.72. The van der Waals surface area contributed by atoms with Gasteiger partial charge in [0.15, 0.2) is 5.78 Å². The Labute approximate surface area is 161 Å². The van der Waals surface area contributed by atoms with Crippen LogP contribution in [0.15, 0.2) is 54.6 Å². The first-order valence-electron chi connectivity index (χ1n) is 9.13. The number of hydrogen-bond acceptors (Lipinski definition) is 2. The van der Waals surface area contributed by atoms with Gasteiger partial charge in [-0.25, -0.2) is 4.79 Å². The molecule has 7 heteroatoms. The third kappa shape index (κ3) is 4.91. The van der Waals surface area contributed by atoms with Gasteiger partial charge in [-0.3, -0.25) is 4.79 Å². The molecule has 1 N–H and O–H groups in total. The van der Waals surface area contributed by atoms with Gasteiger partial charge >= 0.3 is 12.2 Å². The smallest absolute Gasteiger partial charge is 0.334 e. The number of urea groups is 1. The topological polar surface area (TPSA) is 49.4 Å². The second-order valence-electron chi connectivity index (χ2n) is 6.85. The van der Waals surface area contributed by atoms with E-state index in [0.29, 0.717) is 37.1 Å². The van der Waals surface area contributed by atoms with Gasteiger partial charge in [-0.1, -0.05) is 42.5 Å². The van der Waals surface area contributed by atoms with Crippen LogP contribution in [0, 0.1) is 5.92 Å². The summed E-state index contributed by atoms with van der Waals surface area (Å²) in [6, 6.07) is 13.6. The summed E-state index contributed by atoms with van der Waals surface area (Å²) in [5.74, 6) is -0.0282. The Balaban J connectivity index is 1.50. The summed E-state index contributed by atoms with van der Waals surface area (Å²) in [5.41, 5.74) is 0.326. The van der Waals surface area contributed by atoms with Gasteiger partial charge in [0.2, 0.25) is 0 Å². The van der Waals surface area contributed by atoms with Crippen LogP contribution in [0.2, 0.25) is 0 Å². The molecule has 0 saturated carbocycles. The minimum absolute atomic E-state index is 0.0195. The molecule has 0 aromatic heterocycles. The molecule has 2 amide bonds. The second kappa shape index (κ2) is 8.46. The Morgan fingerprint density at radius 2 is 1.68 bits per heavy atom. The minimum atomic E-state index is -4.41. The number of hydrogen-bond donors (Lipinski definition) is 1. The van der Waals surface area contributed by atoms with Gasteiger partial charge < -0.3 is 10.2 Å². The van der Waals surface area contributed by atoms with Crippen molar-refractivity contribution in [3.8, 4) is 0 Å². The SMILES string of the molecule is O=C(c1ccccc1)C1CCN(C(=O)NCc2cccc(C(F)(F)F)c2)CC1. The van der Waals surface area contributed by atoms with Crippen LogP contribution in [0.3, 0.4) is 0 Å². The molecule has 0 spiro atoms. The maximum atomic E-state index is 12.8. The van der Waals surface area contributed by atoms with Gasteiger partial charge in [-0.15, -0.1) is 0 Å². The molecule has 1 fully saturated rings. The summed E-state index contributed by atoms with van der Waals surface area (Å²) >= 11 is 0. The van der Waals surface area contributed by atoms with E-state index in [1.165, 1.54) is 6.07 Å². The highest BCUT2D eigenvalue weighted by Gasteiger charge is 2.30. The summed E-state index contributed by atoms with van der Waals surface area (Å²) in [6.45, 7) is 0.904. The van der Waals surface area contributed by atoms with Gasteiger partial charge in [0.1, 0.15) is 0 Å². The monoisotopic (exact) mass is 390 g/mol. The molecule has 0 unspecified atom stereocenters. The number of ketones is 1. The quantitative estimate of drug-likeness (QED) is 0.781. The first-order chi connectivity index (χ1) is 13.3. The molecule has 2 aromatic carbocycles. The van der Waals surface area contributed by atoms with E-state index in [2.05, 4.69) is 5.32 Å². The molecule has 28 heavy (non-hydrogen) atoms. The van der Waals surface area contributed by atoms with Gasteiger partial charge in [0.05, 0.1) is 5.56 Å². The number of likely N-dealkylation sites (tertiary alicyclic amines) is 1. The summed E-state index contributed by atoms with van der Waals surface area (Å²) in [7, 11) is 0. The van der Waals surface area contributed by atoms with E-state index in [9.17, 15) is 22.8 Å². The average molecular weight is 390 g/mol. The summed E-state index contributed by atoms with van der Waals surface area (Å²) in [4.78, 5) is 26.4. The molecule has 148 valence electrons. The second-order valence-corrected chi connectivity index (χ2v) is 6.85. The number of Topliss-reactive ketones (excluding diaryl/α,β-unsaturated/α-hetero) is 1. The van der Waals surface area contributed by atoms with Crippen molar-refractivity contribution in [3.63, 3.8) is 0 Å². The third-order valence-corrected chi connectivity index (χ3v) is 4.91. The number of carbonyl (C=O) groups is 2. The highest BCUT2D eigenvalue weighted by atomic mass is 19.4. The van der Waals surface area contributed by atoms with Crippen molar-refractivity contribution >= 4 is 11.8 Å². The van der Waals surface area contributed by atoms with Crippen LogP contribution in [0.5, 0.6) is 0 Å². The molecule has 1 aliphatic rings. The number of nitrogens with zero attached hydrogens (tertiary/aromatic N) is 1. The van der Waals surface area contributed by atoms with Crippen LogP contribution in [-0.2, 0) is 12.7 Å². The van der Waals surface area contributed by atoms with Crippen LogP contribution in [0.4, 0.5) is 18.0 Å². The van der Waals surface area contributed by atoms with E-state index in [0.717, 1.165) is 12.1 Å². The van der Waals surface area contributed by atoms with Gasteiger partial charge in [0.25, 0.3) is 0 Å². The van der Waals surface area contributed by atoms with Crippen LogP contribution in [-0.4, -0.2) is 29.8 Å².